The standard InChI is InChI=1S/C13H18FN/c14-9-11-4-1-2-7-13(11)10-5-3-6-12(15)8-10/h3,5-6,8,11,13H,1-2,4,7,9,15H2. The zero-order chi connectivity index (χ0) is 10.7. The fourth-order valence-corrected chi connectivity index (χ4v) is 2.62. The molecule has 2 N–H and O–H groups in total. The molecule has 2 rings (SSSR count). The van der Waals surface area contributed by atoms with Gasteiger partial charge >= 0.3 is 0 Å². The molecule has 0 heterocycles. The second-order valence-electron chi connectivity index (χ2n) is 4.48. The molecule has 1 aliphatic carbocycles. The monoisotopic (exact) mass is 207 g/mol. The predicted octanol–water partition coefficient (Wildman–Crippen LogP) is 3.51. The molecule has 0 aromatic heterocycles. The third-order valence-electron chi connectivity index (χ3n) is 3.45. The molecule has 2 heteroatoms. The SMILES string of the molecule is Nc1cccc(C2CCCCC2CF)c1. The Labute approximate surface area is 90.5 Å². The van der Waals surface area contributed by atoms with Crippen molar-refractivity contribution in [3.8, 4) is 0 Å². The van der Waals surface area contributed by atoms with Crippen molar-refractivity contribution >= 4 is 5.69 Å². The van der Waals surface area contributed by atoms with Crippen LogP contribution in [0.4, 0.5) is 10.1 Å². The maximum Gasteiger partial charge on any atom is 0.0928 e. The zero-order valence-corrected chi connectivity index (χ0v) is 8.95. The third-order valence-corrected chi connectivity index (χ3v) is 3.45. The van der Waals surface area contributed by atoms with E-state index in [9.17, 15) is 4.39 Å². The lowest BCUT2D eigenvalue weighted by atomic mass is 9.76. The van der Waals surface area contributed by atoms with Crippen molar-refractivity contribution in [1.82, 2.24) is 0 Å². The molecule has 1 aromatic rings. The summed E-state index contributed by atoms with van der Waals surface area (Å²) in [5.41, 5.74) is 7.77. The van der Waals surface area contributed by atoms with Crippen molar-refractivity contribution in [2.45, 2.75) is 31.6 Å². The van der Waals surface area contributed by atoms with E-state index in [4.69, 9.17) is 5.73 Å². The minimum atomic E-state index is -0.195. The smallest absolute Gasteiger partial charge is 0.0928 e. The van der Waals surface area contributed by atoms with Gasteiger partial charge in [0, 0.05) is 5.69 Å². The van der Waals surface area contributed by atoms with Gasteiger partial charge in [0.2, 0.25) is 0 Å². The number of benzene rings is 1. The molecule has 1 aliphatic rings. The van der Waals surface area contributed by atoms with Crippen LogP contribution in [0.5, 0.6) is 0 Å². The summed E-state index contributed by atoms with van der Waals surface area (Å²) in [6.45, 7) is -0.195. The van der Waals surface area contributed by atoms with Crippen LogP contribution in [0.15, 0.2) is 24.3 Å². The largest absolute Gasteiger partial charge is 0.399 e. The van der Waals surface area contributed by atoms with Crippen LogP contribution in [-0.4, -0.2) is 6.67 Å². The van der Waals surface area contributed by atoms with Crippen molar-refractivity contribution in [3.63, 3.8) is 0 Å². The molecule has 82 valence electrons. The minimum absolute atomic E-state index is 0.195. The van der Waals surface area contributed by atoms with Crippen LogP contribution in [0.3, 0.4) is 0 Å². The van der Waals surface area contributed by atoms with Gasteiger partial charge in [-0.05, 0) is 42.4 Å². The lowest BCUT2D eigenvalue weighted by Gasteiger charge is -2.30. The Bertz CT molecular complexity index is 324. The first-order chi connectivity index (χ1) is 7.31. The van der Waals surface area contributed by atoms with Gasteiger partial charge in [-0.3, -0.25) is 4.39 Å². The van der Waals surface area contributed by atoms with Crippen LogP contribution in [0.25, 0.3) is 0 Å². The summed E-state index contributed by atoms with van der Waals surface area (Å²) >= 11 is 0. The van der Waals surface area contributed by atoms with E-state index < -0.39 is 0 Å². The first kappa shape index (κ1) is 10.5. The summed E-state index contributed by atoms with van der Waals surface area (Å²) in [7, 11) is 0. The highest BCUT2D eigenvalue weighted by molar-refractivity contribution is 5.42. The van der Waals surface area contributed by atoms with Gasteiger partial charge in [-0.15, -0.1) is 0 Å². The van der Waals surface area contributed by atoms with E-state index in [1.165, 1.54) is 18.4 Å². The summed E-state index contributed by atoms with van der Waals surface area (Å²) in [4.78, 5) is 0. The quantitative estimate of drug-likeness (QED) is 0.738. The fraction of sp³-hybridized carbons (Fsp3) is 0.538. The molecule has 0 amide bonds. The number of anilines is 1. The first-order valence-corrected chi connectivity index (χ1v) is 5.72. The number of nitrogen functional groups attached to an aromatic ring is 1. The van der Waals surface area contributed by atoms with Crippen LogP contribution in [-0.2, 0) is 0 Å². The normalized spacial score (nSPS) is 26.5. The highest BCUT2D eigenvalue weighted by Gasteiger charge is 2.26. The van der Waals surface area contributed by atoms with Crippen molar-refractivity contribution in [2.75, 3.05) is 12.4 Å². The number of hydrogen-bond acceptors (Lipinski definition) is 1. The first-order valence-electron chi connectivity index (χ1n) is 5.72. The van der Waals surface area contributed by atoms with E-state index in [-0.39, 0.29) is 12.6 Å². The molecule has 0 saturated heterocycles. The number of nitrogens with two attached hydrogens (primary N) is 1. The van der Waals surface area contributed by atoms with E-state index in [2.05, 4.69) is 6.07 Å². The molecule has 0 spiro atoms. The van der Waals surface area contributed by atoms with E-state index in [0.717, 1.165) is 18.5 Å². The number of hydrogen-bond donors (Lipinski definition) is 1. The average Bonchev–Trinajstić information content (AvgIpc) is 2.29. The minimum Gasteiger partial charge on any atom is -0.399 e. The van der Waals surface area contributed by atoms with Gasteiger partial charge in [-0.25, -0.2) is 0 Å². The molecule has 1 fully saturated rings. The summed E-state index contributed by atoms with van der Waals surface area (Å²) in [5, 5.41) is 0. The highest BCUT2D eigenvalue weighted by Crippen LogP contribution is 2.38. The molecule has 1 nitrogen and oxygen atoms in total. The van der Waals surface area contributed by atoms with E-state index in [0.29, 0.717) is 5.92 Å². The molecule has 0 radical (unpaired) electrons. The topological polar surface area (TPSA) is 26.0 Å². The van der Waals surface area contributed by atoms with Crippen molar-refractivity contribution < 1.29 is 4.39 Å². The highest BCUT2D eigenvalue weighted by atomic mass is 19.1. The van der Waals surface area contributed by atoms with Gasteiger partial charge in [0.15, 0.2) is 0 Å². The molecule has 2 atom stereocenters. The molecule has 1 saturated carbocycles. The lowest BCUT2D eigenvalue weighted by Crippen LogP contribution is -2.19. The van der Waals surface area contributed by atoms with Crippen LogP contribution in [0, 0.1) is 5.92 Å². The van der Waals surface area contributed by atoms with E-state index in [1.807, 2.05) is 18.2 Å². The van der Waals surface area contributed by atoms with Gasteiger partial charge in [-0.2, -0.15) is 0 Å². The molecule has 0 aliphatic heterocycles. The van der Waals surface area contributed by atoms with E-state index in [1.54, 1.807) is 0 Å². The number of alkyl halides is 1. The molecular formula is C13H18FN. The Morgan fingerprint density at radius 1 is 1.27 bits per heavy atom. The van der Waals surface area contributed by atoms with Gasteiger partial charge in [0.25, 0.3) is 0 Å². The van der Waals surface area contributed by atoms with Gasteiger partial charge < -0.3 is 5.73 Å². The third kappa shape index (κ3) is 2.31. The number of rotatable bonds is 2. The maximum atomic E-state index is 12.9. The van der Waals surface area contributed by atoms with Crippen LogP contribution in [0.1, 0.15) is 37.2 Å². The molecule has 15 heavy (non-hydrogen) atoms. The number of halogens is 1. The second kappa shape index (κ2) is 4.65. The summed E-state index contributed by atoms with van der Waals surface area (Å²) < 4.78 is 12.9. The summed E-state index contributed by atoms with van der Waals surface area (Å²) in [6.07, 6.45) is 4.53. The Hall–Kier alpha value is -1.05. The van der Waals surface area contributed by atoms with Crippen molar-refractivity contribution in [2.24, 2.45) is 5.92 Å². The van der Waals surface area contributed by atoms with Gasteiger partial charge in [0.1, 0.15) is 0 Å². The molecular weight excluding hydrogens is 189 g/mol. The summed E-state index contributed by atoms with van der Waals surface area (Å²) in [6, 6.07) is 7.93. The Morgan fingerprint density at radius 3 is 2.80 bits per heavy atom. The molecule has 1 aromatic carbocycles. The summed E-state index contributed by atoms with van der Waals surface area (Å²) in [5.74, 6) is 0.591. The fourth-order valence-electron chi connectivity index (χ4n) is 2.62. The van der Waals surface area contributed by atoms with Gasteiger partial charge in [0.05, 0.1) is 6.67 Å². The Balaban J connectivity index is 2.20. The van der Waals surface area contributed by atoms with Gasteiger partial charge in [-0.1, -0.05) is 25.0 Å². The van der Waals surface area contributed by atoms with Crippen molar-refractivity contribution in [3.05, 3.63) is 29.8 Å². The van der Waals surface area contributed by atoms with Crippen molar-refractivity contribution in [1.29, 1.82) is 0 Å². The molecule has 0 bridgehead atoms. The van der Waals surface area contributed by atoms with Crippen LogP contribution >= 0.6 is 0 Å². The molecule has 2 unspecified atom stereocenters. The van der Waals surface area contributed by atoms with E-state index >= 15 is 0 Å². The van der Waals surface area contributed by atoms with Crippen LogP contribution in [0.2, 0.25) is 0 Å². The Kier molecular flexibility index (Phi) is 3.24. The second-order valence-corrected chi connectivity index (χ2v) is 4.48. The Morgan fingerprint density at radius 2 is 2.07 bits per heavy atom. The predicted molar refractivity (Wildman–Crippen MR) is 61.5 cm³/mol. The lowest BCUT2D eigenvalue weighted by molar-refractivity contribution is 0.245. The van der Waals surface area contributed by atoms with Crippen LogP contribution < -0.4 is 5.73 Å². The zero-order valence-electron chi connectivity index (χ0n) is 8.95. The maximum absolute atomic E-state index is 12.9. The average molecular weight is 207 g/mol.